The van der Waals surface area contributed by atoms with E-state index >= 15 is 0 Å². The van der Waals surface area contributed by atoms with Crippen molar-refractivity contribution in [1.29, 1.82) is 0 Å². The molecular formula is C10H9F5N2O. The van der Waals surface area contributed by atoms with Gasteiger partial charge >= 0.3 is 0 Å². The van der Waals surface area contributed by atoms with E-state index in [-0.39, 0.29) is 6.54 Å². The van der Waals surface area contributed by atoms with Crippen LogP contribution in [0.5, 0.6) is 0 Å². The summed E-state index contributed by atoms with van der Waals surface area (Å²) in [6.07, 6.45) is 0.595. The normalized spacial score (nSPS) is 10.6. The molecule has 0 spiro atoms. The average Bonchev–Trinajstić information content (AvgIpc) is 2.34. The van der Waals surface area contributed by atoms with E-state index in [0.717, 1.165) is 0 Å². The monoisotopic (exact) mass is 268 g/mol. The van der Waals surface area contributed by atoms with Crippen LogP contribution in [0.3, 0.4) is 0 Å². The highest BCUT2D eigenvalue weighted by molar-refractivity contribution is 5.94. The highest BCUT2D eigenvalue weighted by atomic mass is 19.2. The smallest absolute Gasteiger partial charge is 0.271 e. The second-order valence-corrected chi connectivity index (χ2v) is 3.33. The number of carbonyl (C=O) groups is 1. The number of hydrogen-bond acceptors (Lipinski definition) is 2. The van der Waals surface area contributed by atoms with Crippen molar-refractivity contribution >= 4 is 5.91 Å². The quantitative estimate of drug-likeness (QED) is 0.288. The molecule has 0 aliphatic heterocycles. The van der Waals surface area contributed by atoms with E-state index in [1.807, 2.05) is 5.43 Å². The Kier molecular flexibility index (Phi) is 4.60. The zero-order valence-electron chi connectivity index (χ0n) is 9.21. The lowest BCUT2D eigenvalue weighted by Crippen LogP contribution is -2.39. The molecule has 1 amide bonds. The van der Waals surface area contributed by atoms with Crippen molar-refractivity contribution in [3.05, 3.63) is 34.6 Å². The molecule has 0 fully saturated rings. The van der Waals surface area contributed by atoms with Gasteiger partial charge in [-0.15, -0.1) is 0 Å². The van der Waals surface area contributed by atoms with Crippen molar-refractivity contribution in [3.63, 3.8) is 0 Å². The topological polar surface area (TPSA) is 41.1 Å². The Labute approximate surface area is 99.0 Å². The lowest BCUT2D eigenvalue weighted by Gasteiger charge is -2.09. The van der Waals surface area contributed by atoms with Crippen LogP contribution in [-0.4, -0.2) is 12.5 Å². The van der Waals surface area contributed by atoms with E-state index < -0.39 is 40.6 Å². The Morgan fingerprint density at radius 3 is 1.83 bits per heavy atom. The maximum atomic E-state index is 13.2. The molecule has 0 aliphatic carbocycles. The van der Waals surface area contributed by atoms with Gasteiger partial charge in [0.1, 0.15) is 5.56 Å². The minimum atomic E-state index is -2.30. The fraction of sp³-hybridized carbons (Fsp3) is 0.300. The predicted octanol–water partition coefficient (Wildman–Crippen LogP) is 2.03. The minimum Gasteiger partial charge on any atom is -0.287 e. The van der Waals surface area contributed by atoms with E-state index in [4.69, 9.17) is 0 Å². The third-order valence-corrected chi connectivity index (χ3v) is 2.01. The van der Waals surface area contributed by atoms with Gasteiger partial charge in [-0.25, -0.2) is 27.4 Å². The molecule has 0 atom stereocenters. The van der Waals surface area contributed by atoms with Crippen molar-refractivity contribution in [2.24, 2.45) is 0 Å². The first-order valence-corrected chi connectivity index (χ1v) is 4.96. The van der Waals surface area contributed by atoms with Crippen LogP contribution in [0.1, 0.15) is 23.7 Å². The summed E-state index contributed by atoms with van der Waals surface area (Å²) >= 11 is 0. The van der Waals surface area contributed by atoms with Crippen LogP contribution in [0, 0.1) is 29.1 Å². The Balaban J connectivity index is 3.13. The molecule has 100 valence electrons. The average molecular weight is 268 g/mol. The van der Waals surface area contributed by atoms with Crippen LogP contribution in [0.15, 0.2) is 0 Å². The zero-order chi connectivity index (χ0) is 13.9. The predicted molar refractivity (Wildman–Crippen MR) is 52.0 cm³/mol. The number of nitrogens with one attached hydrogen (secondary N) is 2. The van der Waals surface area contributed by atoms with Crippen molar-refractivity contribution in [1.82, 2.24) is 10.9 Å². The number of halogens is 5. The molecule has 0 aromatic heterocycles. The molecule has 0 heterocycles. The highest BCUT2D eigenvalue weighted by Gasteiger charge is 2.29. The van der Waals surface area contributed by atoms with E-state index in [1.165, 1.54) is 0 Å². The second-order valence-electron chi connectivity index (χ2n) is 3.33. The van der Waals surface area contributed by atoms with Gasteiger partial charge in [0.25, 0.3) is 5.91 Å². The number of rotatable bonds is 4. The van der Waals surface area contributed by atoms with E-state index in [1.54, 1.807) is 6.92 Å². The van der Waals surface area contributed by atoms with Crippen LogP contribution < -0.4 is 10.9 Å². The molecule has 0 saturated heterocycles. The first kappa shape index (κ1) is 14.4. The van der Waals surface area contributed by atoms with Crippen LogP contribution in [-0.2, 0) is 0 Å². The molecule has 1 aromatic carbocycles. The summed E-state index contributed by atoms with van der Waals surface area (Å²) < 4.78 is 64.6. The van der Waals surface area contributed by atoms with Gasteiger partial charge < -0.3 is 0 Å². The summed E-state index contributed by atoms with van der Waals surface area (Å²) in [5.41, 5.74) is 2.58. The third-order valence-electron chi connectivity index (χ3n) is 2.01. The van der Waals surface area contributed by atoms with E-state index in [9.17, 15) is 26.7 Å². The maximum absolute atomic E-state index is 13.2. The fourth-order valence-corrected chi connectivity index (χ4v) is 1.13. The molecule has 1 aromatic rings. The minimum absolute atomic E-state index is 0.279. The summed E-state index contributed by atoms with van der Waals surface area (Å²) in [6.45, 7) is 2.03. The van der Waals surface area contributed by atoms with Gasteiger partial charge in [0.05, 0.1) is 0 Å². The lowest BCUT2D eigenvalue weighted by molar-refractivity contribution is 0.0921. The van der Waals surface area contributed by atoms with Crippen LogP contribution in [0.4, 0.5) is 22.0 Å². The maximum Gasteiger partial charge on any atom is 0.271 e. The van der Waals surface area contributed by atoms with Crippen molar-refractivity contribution in [3.8, 4) is 0 Å². The Hall–Kier alpha value is -1.70. The van der Waals surface area contributed by atoms with Crippen molar-refractivity contribution in [2.75, 3.05) is 6.54 Å². The SMILES string of the molecule is CCCNNC(=O)c1c(F)c(F)c(F)c(F)c1F. The van der Waals surface area contributed by atoms with Crippen LogP contribution in [0.25, 0.3) is 0 Å². The molecule has 0 aliphatic rings. The van der Waals surface area contributed by atoms with Gasteiger partial charge in [0.15, 0.2) is 23.3 Å². The van der Waals surface area contributed by atoms with Gasteiger partial charge in [0.2, 0.25) is 5.82 Å². The molecular weight excluding hydrogens is 259 g/mol. The number of hydrogen-bond donors (Lipinski definition) is 2. The molecule has 2 N–H and O–H groups in total. The summed E-state index contributed by atoms with van der Waals surface area (Å²) in [5, 5.41) is 0. The Bertz CT molecular complexity index is 449. The van der Waals surface area contributed by atoms with E-state index in [2.05, 4.69) is 5.43 Å². The Morgan fingerprint density at radius 2 is 1.39 bits per heavy atom. The van der Waals surface area contributed by atoms with Gasteiger partial charge in [-0.05, 0) is 6.42 Å². The first-order chi connectivity index (χ1) is 8.41. The van der Waals surface area contributed by atoms with Crippen LogP contribution >= 0.6 is 0 Å². The first-order valence-electron chi connectivity index (χ1n) is 4.96. The fourth-order valence-electron chi connectivity index (χ4n) is 1.13. The van der Waals surface area contributed by atoms with Gasteiger partial charge in [-0.1, -0.05) is 6.92 Å². The number of carbonyl (C=O) groups excluding carboxylic acids is 1. The largest absolute Gasteiger partial charge is 0.287 e. The molecule has 8 heteroatoms. The van der Waals surface area contributed by atoms with Crippen LogP contribution in [0.2, 0.25) is 0 Å². The Morgan fingerprint density at radius 1 is 0.944 bits per heavy atom. The van der Waals surface area contributed by atoms with E-state index in [0.29, 0.717) is 6.42 Å². The van der Waals surface area contributed by atoms with Gasteiger partial charge in [0, 0.05) is 6.54 Å². The summed E-state index contributed by atoms with van der Waals surface area (Å²) in [5.74, 6) is -12.4. The zero-order valence-corrected chi connectivity index (χ0v) is 9.21. The van der Waals surface area contributed by atoms with Gasteiger partial charge in [-0.2, -0.15) is 0 Å². The number of hydrazine groups is 1. The molecule has 0 saturated carbocycles. The molecule has 1 rings (SSSR count). The summed E-state index contributed by atoms with van der Waals surface area (Å²) in [6, 6.07) is 0. The second kappa shape index (κ2) is 5.76. The van der Waals surface area contributed by atoms with Crippen molar-refractivity contribution < 1.29 is 26.7 Å². The molecule has 0 radical (unpaired) electrons. The summed E-state index contributed by atoms with van der Waals surface area (Å²) in [7, 11) is 0. The third kappa shape index (κ3) is 2.58. The van der Waals surface area contributed by atoms with Gasteiger partial charge in [-0.3, -0.25) is 10.2 Å². The lowest BCUT2D eigenvalue weighted by atomic mass is 10.1. The number of amides is 1. The molecule has 0 bridgehead atoms. The van der Waals surface area contributed by atoms with Crippen molar-refractivity contribution in [2.45, 2.75) is 13.3 Å². The number of benzene rings is 1. The molecule has 3 nitrogen and oxygen atoms in total. The summed E-state index contributed by atoms with van der Waals surface area (Å²) in [4.78, 5) is 11.3. The standard InChI is InChI=1S/C10H9F5N2O/c1-2-3-16-17-10(18)4-5(11)7(13)9(15)8(14)6(4)12/h16H,2-3H2,1H3,(H,17,18). The molecule has 0 unspecified atom stereocenters. The highest BCUT2D eigenvalue weighted by Crippen LogP contribution is 2.22. The molecule has 18 heavy (non-hydrogen) atoms.